The molecule has 202 valence electrons. The second-order valence-corrected chi connectivity index (χ2v) is 10.1. The molecule has 0 unspecified atom stereocenters. The Balaban J connectivity index is 1.86. The molecule has 0 heterocycles. The van der Waals surface area contributed by atoms with E-state index in [4.69, 9.17) is 10.5 Å². The first-order valence-electron chi connectivity index (χ1n) is 12.2. The number of aliphatic hydroxyl groups is 3. The summed E-state index contributed by atoms with van der Waals surface area (Å²) in [6.45, 7) is 7.38. The molecule has 3 aliphatic carbocycles. The van der Waals surface area contributed by atoms with Gasteiger partial charge in [0, 0.05) is 17.9 Å². The van der Waals surface area contributed by atoms with E-state index in [9.17, 15) is 39.6 Å². The first-order chi connectivity index (χ1) is 17.8. The van der Waals surface area contributed by atoms with Crippen LogP contribution in [-0.2, 0) is 25.5 Å². The highest BCUT2D eigenvalue weighted by Crippen LogP contribution is 2.53. The number of fused-ring (bicyclic) bond motifs is 3. The molecule has 0 saturated heterocycles. The highest BCUT2D eigenvalue weighted by molar-refractivity contribution is 6.22. The number of primary amides is 1. The summed E-state index contributed by atoms with van der Waals surface area (Å²) >= 11 is 0. The zero-order chi connectivity index (χ0) is 28.1. The number of carbonyl (C=O) groups excluding carboxylic acids is 4. The number of phenolic OH excluding ortho intramolecular Hbond substituents is 1. The van der Waals surface area contributed by atoms with Gasteiger partial charge in [-0.1, -0.05) is 19.9 Å². The van der Waals surface area contributed by atoms with E-state index in [1.54, 1.807) is 12.1 Å². The predicted octanol–water partition coefficient (Wildman–Crippen LogP) is 2.67. The summed E-state index contributed by atoms with van der Waals surface area (Å²) < 4.78 is 5.05. The molecule has 2 amide bonds. The quantitative estimate of drug-likeness (QED) is 0.140. The Morgan fingerprint density at radius 1 is 1.26 bits per heavy atom. The van der Waals surface area contributed by atoms with Crippen LogP contribution in [0.2, 0.25) is 0 Å². The Bertz CT molecular complexity index is 1340. The van der Waals surface area contributed by atoms with Crippen LogP contribution in [0.4, 0.5) is 10.5 Å². The van der Waals surface area contributed by atoms with Crippen molar-refractivity contribution in [2.45, 2.75) is 51.0 Å². The largest absolute Gasteiger partial charge is 0.508 e. The van der Waals surface area contributed by atoms with Crippen LogP contribution in [-0.4, -0.2) is 56.2 Å². The van der Waals surface area contributed by atoms with Gasteiger partial charge in [-0.25, -0.2) is 4.79 Å². The minimum Gasteiger partial charge on any atom is -0.508 e. The third kappa shape index (κ3) is 4.03. The molecule has 3 atom stereocenters. The number of nitrogens with two attached hydrogens (primary N) is 1. The van der Waals surface area contributed by atoms with Crippen molar-refractivity contribution in [2.75, 3.05) is 11.9 Å². The van der Waals surface area contributed by atoms with Crippen LogP contribution in [0, 0.1) is 11.8 Å². The fourth-order valence-corrected chi connectivity index (χ4v) is 5.71. The van der Waals surface area contributed by atoms with E-state index in [0.717, 1.165) is 0 Å². The van der Waals surface area contributed by atoms with Gasteiger partial charge in [-0.2, -0.15) is 0 Å². The summed E-state index contributed by atoms with van der Waals surface area (Å²) in [7, 11) is 0. The third-order valence-electron chi connectivity index (χ3n) is 7.51. The van der Waals surface area contributed by atoms with Crippen molar-refractivity contribution in [1.82, 2.24) is 0 Å². The average Bonchev–Trinajstić information content (AvgIpc) is 2.82. The molecule has 4 rings (SSSR count). The lowest BCUT2D eigenvalue weighted by molar-refractivity contribution is -0.147. The molecule has 11 heteroatoms. The molecule has 3 aliphatic rings. The van der Waals surface area contributed by atoms with Gasteiger partial charge in [-0.3, -0.25) is 19.7 Å². The van der Waals surface area contributed by atoms with Gasteiger partial charge in [0.05, 0.1) is 17.9 Å². The molecule has 0 aromatic heterocycles. The van der Waals surface area contributed by atoms with Crippen molar-refractivity contribution in [3.63, 3.8) is 0 Å². The fourth-order valence-electron chi connectivity index (χ4n) is 5.71. The van der Waals surface area contributed by atoms with Crippen molar-refractivity contribution in [3.8, 4) is 5.75 Å². The van der Waals surface area contributed by atoms with Gasteiger partial charge in [0.25, 0.3) is 5.91 Å². The zero-order valence-corrected chi connectivity index (χ0v) is 21.0. The molecular weight excluding hydrogens is 496 g/mol. The van der Waals surface area contributed by atoms with Crippen molar-refractivity contribution in [3.05, 3.63) is 52.3 Å². The number of aliphatic hydroxyl groups excluding tert-OH is 2. The van der Waals surface area contributed by atoms with Gasteiger partial charge in [0.1, 0.15) is 22.8 Å². The fraction of sp³-hybridized carbons (Fsp3) is 0.407. The Labute approximate surface area is 218 Å². The Hall–Kier alpha value is -4.12. The van der Waals surface area contributed by atoms with E-state index < -0.39 is 63.8 Å². The molecular formula is C27H30N2O9. The number of ketones is 2. The molecule has 1 saturated carbocycles. The van der Waals surface area contributed by atoms with E-state index >= 15 is 0 Å². The monoisotopic (exact) mass is 526 g/mol. The number of benzene rings is 1. The van der Waals surface area contributed by atoms with Gasteiger partial charge in [-0.05, 0) is 48.3 Å². The van der Waals surface area contributed by atoms with Crippen LogP contribution in [0.3, 0.4) is 0 Å². The predicted molar refractivity (Wildman–Crippen MR) is 135 cm³/mol. The summed E-state index contributed by atoms with van der Waals surface area (Å²) in [5, 5.41) is 46.9. The second-order valence-electron chi connectivity index (χ2n) is 10.1. The number of nitrogens with one attached hydrogen (secondary N) is 1. The van der Waals surface area contributed by atoms with Crippen LogP contribution in [0.25, 0.3) is 5.76 Å². The average molecular weight is 527 g/mol. The minimum absolute atomic E-state index is 0.0385. The van der Waals surface area contributed by atoms with Crippen LogP contribution in [0.15, 0.2) is 35.6 Å². The summed E-state index contributed by atoms with van der Waals surface area (Å²) in [6.07, 6.45) is 0.982. The van der Waals surface area contributed by atoms with Crippen molar-refractivity contribution < 1.29 is 44.3 Å². The molecule has 7 N–H and O–H groups in total. The third-order valence-corrected chi connectivity index (χ3v) is 7.51. The van der Waals surface area contributed by atoms with Gasteiger partial charge in [-0.15, -0.1) is 6.58 Å². The van der Waals surface area contributed by atoms with E-state index in [2.05, 4.69) is 11.9 Å². The number of carbonyl (C=O) groups is 4. The lowest BCUT2D eigenvalue weighted by atomic mass is 9.59. The molecule has 0 aliphatic heterocycles. The summed E-state index contributed by atoms with van der Waals surface area (Å²) in [5.41, 5.74) is 2.56. The summed E-state index contributed by atoms with van der Waals surface area (Å²) in [6, 6.07) is 1.57. The van der Waals surface area contributed by atoms with Crippen LogP contribution >= 0.6 is 0 Å². The van der Waals surface area contributed by atoms with Crippen molar-refractivity contribution in [1.29, 1.82) is 0 Å². The van der Waals surface area contributed by atoms with Crippen molar-refractivity contribution in [2.24, 2.45) is 17.6 Å². The summed E-state index contributed by atoms with van der Waals surface area (Å²) in [5.74, 6) is -7.21. The number of hydrogen-bond donors (Lipinski definition) is 6. The molecule has 0 radical (unpaired) electrons. The molecule has 38 heavy (non-hydrogen) atoms. The maximum atomic E-state index is 13.7. The Morgan fingerprint density at radius 3 is 2.55 bits per heavy atom. The lowest BCUT2D eigenvalue weighted by Gasteiger charge is -2.46. The van der Waals surface area contributed by atoms with Gasteiger partial charge < -0.3 is 30.9 Å². The van der Waals surface area contributed by atoms with E-state index in [1.165, 1.54) is 0 Å². The van der Waals surface area contributed by atoms with Gasteiger partial charge in [0.2, 0.25) is 5.78 Å². The highest BCUT2D eigenvalue weighted by Gasteiger charge is 2.60. The highest BCUT2D eigenvalue weighted by atomic mass is 16.5. The van der Waals surface area contributed by atoms with Gasteiger partial charge >= 0.3 is 6.09 Å². The van der Waals surface area contributed by atoms with Gasteiger partial charge in [0.15, 0.2) is 11.4 Å². The molecule has 1 aromatic rings. The number of hydrogen-bond acceptors (Lipinski definition) is 9. The smallest absolute Gasteiger partial charge is 0.411 e. The first-order valence-corrected chi connectivity index (χ1v) is 12.2. The van der Waals surface area contributed by atoms with Crippen molar-refractivity contribution >= 4 is 35.0 Å². The van der Waals surface area contributed by atoms with Crippen LogP contribution in [0.5, 0.6) is 5.75 Å². The first kappa shape index (κ1) is 26.9. The topological polar surface area (TPSA) is 196 Å². The number of anilines is 1. The second kappa shape index (κ2) is 9.64. The molecule has 1 fully saturated rings. The molecule has 0 spiro atoms. The van der Waals surface area contributed by atoms with E-state index in [0.29, 0.717) is 17.5 Å². The summed E-state index contributed by atoms with van der Waals surface area (Å²) in [4.78, 5) is 50.2. The molecule has 1 aromatic carbocycles. The molecule has 11 nitrogen and oxygen atoms in total. The van der Waals surface area contributed by atoms with Crippen LogP contribution in [0.1, 0.15) is 55.7 Å². The molecule has 0 bridgehead atoms. The zero-order valence-electron chi connectivity index (χ0n) is 21.0. The number of aromatic hydroxyl groups is 1. The number of phenols is 1. The minimum atomic E-state index is -2.64. The number of Topliss-reactive ketones (excluding diaryl/α,β-unsaturated/α-hetero) is 2. The van der Waals surface area contributed by atoms with E-state index in [1.807, 2.05) is 13.8 Å². The van der Waals surface area contributed by atoms with E-state index in [-0.39, 0.29) is 48.6 Å². The Morgan fingerprint density at radius 2 is 1.95 bits per heavy atom. The normalized spacial score (nSPS) is 24.5. The number of amides is 2. The Kier molecular flexibility index (Phi) is 6.83. The van der Waals surface area contributed by atoms with Crippen LogP contribution < -0.4 is 11.1 Å². The standard InChI is InChI=1S/C27H30N2O9/c1-4-5-6-38-26(36)29-16-10-14(11(2)3)15-8-12-7-13-9-17(30)20(25(28)35)24(34)27(13,37)23(33)18(12)22(32)19(15)21(16)31/h4,10-13,31-32,34,37H,1,5-9H2,2-3H3,(H2,28,35)(H,29,36)/t12-,13+,27+/m1/s1. The number of ether oxygens (including phenoxy) is 1. The lowest BCUT2D eigenvalue weighted by Crippen LogP contribution is -2.58. The number of rotatable bonds is 6. The maximum absolute atomic E-state index is 13.7. The SMILES string of the molecule is C=CCCOC(=O)Nc1cc(C(C)C)c2c(c1O)C(O)=C1C(=O)[C@]3(O)C(O)=C(C(N)=O)C(=O)C[C@@H]3C[C@@H]1C2. The maximum Gasteiger partial charge on any atom is 0.411 e.